The lowest BCUT2D eigenvalue weighted by molar-refractivity contribution is -0.0136. The van der Waals surface area contributed by atoms with E-state index < -0.39 is 0 Å². The topological polar surface area (TPSA) is 30.5 Å². The number of hydrogen-bond acceptors (Lipinski definition) is 3. The summed E-state index contributed by atoms with van der Waals surface area (Å²) in [6, 6.07) is 1.41. The number of rotatable bonds is 2. The van der Waals surface area contributed by atoms with Gasteiger partial charge >= 0.3 is 0 Å². The predicted molar refractivity (Wildman–Crippen MR) is 71.7 cm³/mol. The van der Waals surface area contributed by atoms with Crippen LogP contribution in [0.2, 0.25) is 0 Å². The van der Waals surface area contributed by atoms with E-state index in [9.17, 15) is 0 Å². The molecule has 2 saturated heterocycles. The zero-order valence-electron chi connectivity index (χ0n) is 11.6. The largest absolute Gasteiger partial charge is 0.381 e. The van der Waals surface area contributed by atoms with Crippen molar-refractivity contribution in [3.63, 3.8) is 0 Å². The summed E-state index contributed by atoms with van der Waals surface area (Å²) in [5.41, 5.74) is 0.555. The second-order valence-electron chi connectivity index (χ2n) is 6.49. The van der Waals surface area contributed by atoms with Crippen LogP contribution in [0, 0.1) is 5.41 Å². The van der Waals surface area contributed by atoms with Crippen molar-refractivity contribution in [2.75, 3.05) is 19.8 Å². The molecule has 3 fully saturated rings. The summed E-state index contributed by atoms with van der Waals surface area (Å²) in [5, 5.41) is 3.97. The first kappa shape index (κ1) is 12.9. The van der Waals surface area contributed by atoms with Gasteiger partial charge in [-0.15, -0.1) is 0 Å². The van der Waals surface area contributed by atoms with Crippen molar-refractivity contribution in [3.05, 3.63) is 0 Å². The summed E-state index contributed by atoms with van der Waals surface area (Å²) in [5.74, 6) is 0. The Bertz CT molecular complexity index is 276. The zero-order valence-corrected chi connectivity index (χ0v) is 11.6. The van der Waals surface area contributed by atoms with Crippen molar-refractivity contribution >= 4 is 0 Å². The molecule has 104 valence electrons. The van der Waals surface area contributed by atoms with Crippen molar-refractivity contribution < 1.29 is 9.47 Å². The smallest absolute Gasteiger partial charge is 0.0561 e. The molecule has 1 saturated carbocycles. The van der Waals surface area contributed by atoms with Crippen LogP contribution in [0.5, 0.6) is 0 Å². The number of ether oxygens (including phenoxy) is 2. The third kappa shape index (κ3) is 2.59. The van der Waals surface area contributed by atoms with E-state index in [2.05, 4.69) is 12.2 Å². The SMILES string of the molecule is CC1CC(NC2CCCC23CCOCC3)CCO1. The summed E-state index contributed by atoms with van der Waals surface area (Å²) < 4.78 is 11.2. The lowest BCUT2D eigenvalue weighted by Gasteiger charge is -2.42. The Morgan fingerprint density at radius 3 is 2.67 bits per heavy atom. The van der Waals surface area contributed by atoms with E-state index in [0.717, 1.165) is 25.9 Å². The molecule has 0 aromatic rings. The van der Waals surface area contributed by atoms with Crippen LogP contribution in [-0.2, 0) is 9.47 Å². The Kier molecular flexibility index (Phi) is 3.92. The van der Waals surface area contributed by atoms with Crippen molar-refractivity contribution in [3.8, 4) is 0 Å². The zero-order chi connectivity index (χ0) is 12.4. The Balaban J connectivity index is 1.60. The molecule has 0 bridgehead atoms. The lowest BCUT2D eigenvalue weighted by atomic mass is 9.75. The van der Waals surface area contributed by atoms with Gasteiger partial charge in [-0.25, -0.2) is 0 Å². The van der Waals surface area contributed by atoms with Gasteiger partial charge in [0.15, 0.2) is 0 Å². The molecule has 0 aromatic carbocycles. The molecule has 0 amide bonds. The van der Waals surface area contributed by atoms with Gasteiger partial charge in [0, 0.05) is 31.9 Å². The van der Waals surface area contributed by atoms with Gasteiger partial charge in [0.25, 0.3) is 0 Å². The highest BCUT2D eigenvalue weighted by Crippen LogP contribution is 2.46. The van der Waals surface area contributed by atoms with Gasteiger partial charge in [-0.2, -0.15) is 0 Å². The summed E-state index contributed by atoms with van der Waals surface area (Å²) in [6.45, 7) is 5.08. The molecule has 18 heavy (non-hydrogen) atoms. The molecular formula is C15H27NO2. The molecule has 2 aliphatic heterocycles. The van der Waals surface area contributed by atoms with E-state index >= 15 is 0 Å². The van der Waals surface area contributed by atoms with Crippen molar-refractivity contribution in [1.82, 2.24) is 5.32 Å². The molecule has 3 unspecified atom stereocenters. The Morgan fingerprint density at radius 1 is 1.06 bits per heavy atom. The molecule has 0 aromatic heterocycles. The van der Waals surface area contributed by atoms with E-state index in [1.54, 1.807) is 0 Å². The normalized spacial score (nSPS) is 40.2. The quantitative estimate of drug-likeness (QED) is 0.820. The highest BCUT2D eigenvalue weighted by atomic mass is 16.5. The maximum Gasteiger partial charge on any atom is 0.0561 e. The Labute approximate surface area is 111 Å². The minimum atomic E-state index is 0.434. The minimum absolute atomic E-state index is 0.434. The average Bonchev–Trinajstić information content (AvgIpc) is 2.73. The van der Waals surface area contributed by atoms with Gasteiger partial charge < -0.3 is 14.8 Å². The molecule has 3 atom stereocenters. The average molecular weight is 253 g/mol. The second kappa shape index (κ2) is 5.48. The van der Waals surface area contributed by atoms with E-state index in [-0.39, 0.29) is 0 Å². The van der Waals surface area contributed by atoms with E-state index in [1.165, 1.54) is 44.9 Å². The number of nitrogens with one attached hydrogen (secondary N) is 1. The molecule has 3 aliphatic rings. The predicted octanol–water partition coefficient (Wildman–Crippen LogP) is 2.49. The molecule has 3 heteroatoms. The first-order valence-corrected chi connectivity index (χ1v) is 7.74. The van der Waals surface area contributed by atoms with Crippen LogP contribution in [0.15, 0.2) is 0 Å². The van der Waals surface area contributed by atoms with Crippen LogP contribution in [0.1, 0.15) is 51.9 Å². The molecule has 2 heterocycles. The summed E-state index contributed by atoms with van der Waals surface area (Å²) in [4.78, 5) is 0. The van der Waals surface area contributed by atoms with Crippen LogP contribution in [0.3, 0.4) is 0 Å². The summed E-state index contributed by atoms with van der Waals surface area (Å²) in [7, 11) is 0. The third-order valence-electron chi connectivity index (χ3n) is 5.32. The number of hydrogen-bond donors (Lipinski definition) is 1. The maximum absolute atomic E-state index is 5.65. The first-order chi connectivity index (χ1) is 8.78. The Hall–Kier alpha value is -0.120. The highest BCUT2D eigenvalue weighted by Gasteiger charge is 2.44. The van der Waals surface area contributed by atoms with Gasteiger partial charge in [-0.05, 0) is 50.9 Å². The Morgan fingerprint density at radius 2 is 1.89 bits per heavy atom. The second-order valence-corrected chi connectivity index (χ2v) is 6.49. The van der Waals surface area contributed by atoms with E-state index in [4.69, 9.17) is 9.47 Å². The van der Waals surface area contributed by atoms with Crippen LogP contribution in [-0.4, -0.2) is 38.0 Å². The third-order valence-corrected chi connectivity index (χ3v) is 5.32. The molecule has 1 N–H and O–H groups in total. The van der Waals surface area contributed by atoms with Crippen LogP contribution < -0.4 is 5.32 Å². The molecule has 3 nitrogen and oxygen atoms in total. The lowest BCUT2D eigenvalue weighted by Crippen LogP contribution is -2.50. The van der Waals surface area contributed by atoms with E-state index in [0.29, 0.717) is 17.6 Å². The first-order valence-electron chi connectivity index (χ1n) is 7.74. The fourth-order valence-electron chi connectivity index (χ4n) is 4.21. The fraction of sp³-hybridized carbons (Fsp3) is 1.00. The molecular weight excluding hydrogens is 226 g/mol. The van der Waals surface area contributed by atoms with Crippen LogP contribution in [0.4, 0.5) is 0 Å². The van der Waals surface area contributed by atoms with Crippen molar-refractivity contribution in [1.29, 1.82) is 0 Å². The van der Waals surface area contributed by atoms with Crippen molar-refractivity contribution in [2.24, 2.45) is 5.41 Å². The summed E-state index contributed by atoms with van der Waals surface area (Å²) in [6.07, 6.45) is 9.52. The summed E-state index contributed by atoms with van der Waals surface area (Å²) >= 11 is 0. The monoisotopic (exact) mass is 253 g/mol. The van der Waals surface area contributed by atoms with Gasteiger partial charge in [-0.1, -0.05) is 6.42 Å². The fourth-order valence-corrected chi connectivity index (χ4v) is 4.21. The van der Waals surface area contributed by atoms with Gasteiger partial charge in [0.2, 0.25) is 0 Å². The molecule has 1 spiro atoms. The highest BCUT2D eigenvalue weighted by molar-refractivity contribution is 4.99. The van der Waals surface area contributed by atoms with Gasteiger partial charge in [0.1, 0.15) is 0 Å². The molecule has 1 aliphatic carbocycles. The minimum Gasteiger partial charge on any atom is -0.381 e. The molecule has 0 radical (unpaired) electrons. The standard InChI is InChI=1S/C15H27NO2/c1-12-11-13(4-8-18-12)16-14-3-2-5-15(14)6-9-17-10-7-15/h12-14,16H,2-11H2,1H3. The van der Waals surface area contributed by atoms with Crippen LogP contribution in [0.25, 0.3) is 0 Å². The molecule has 3 rings (SSSR count). The van der Waals surface area contributed by atoms with Gasteiger partial charge in [0.05, 0.1) is 6.10 Å². The van der Waals surface area contributed by atoms with Gasteiger partial charge in [-0.3, -0.25) is 0 Å². The van der Waals surface area contributed by atoms with Crippen molar-refractivity contribution in [2.45, 2.75) is 70.1 Å². The maximum atomic E-state index is 5.65. The van der Waals surface area contributed by atoms with Crippen LogP contribution >= 0.6 is 0 Å². The van der Waals surface area contributed by atoms with E-state index in [1.807, 2.05) is 0 Å².